The van der Waals surface area contributed by atoms with Gasteiger partial charge in [0.15, 0.2) is 66.1 Å². The van der Waals surface area contributed by atoms with Crippen LogP contribution in [0.3, 0.4) is 0 Å². The SMILES string of the molecule is C.C=C1N=C(N)C(C)=CN1[C@@H]1O[C@H](COP(=O)(O)CP(=O)(O)O)C(O)[C@@H]1O.C=C1N=C(N)C(F)=CN1[C@@H]1O[C@H](COP(=O)(O)CP(=O)(O)O)C(O)[C@@H]1O.C=C1N=C(N)C(I)=CN1[C@@H]1O[C@H](COP(=O)(O)CP(=O)(O)O)C(O)[C@@H]1O.C=C1N=C(N)C=CN1[C@@H]1O[C@H](COP(=O)(O)CP(=O)(O)O)C(O)[C@@H]1O.C=C1N=C(N)C=CN1[C@H]1CC(O)[C@@H](COP(=O)(O)CP(=O)(O)O)O1. The maximum atomic E-state index is 13.6. The molecule has 0 radical (unpaired) electrons. The van der Waals surface area contributed by atoms with Crippen molar-refractivity contribution < 1.29 is 216 Å². The minimum Gasteiger partial charge on any atom is -0.390 e. The summed E-state index contributed by atoms with van der Waals surface area (Å²) in [7, 11) is -46.9. The lowest BCUT2D eigenvalue weighted by Crippen LogP contribution is -2.42. The van der Waals surface area contributed by atoms with E-state index in [1.54, 1.807) is 13.1 Å². The third-order valence-electron chi connectivity index (χ3n) is 17.3. The predicted molar refractivity (Wildman–Crippen MR) is 448 cm³/mol. The number of aliphatic imine (C=N–C) groups is 5. The van der Waals surface area contributed by atoms with Gasteiger partial charge in [-0.1, -0.05) is 40.3 Å². The molecule has 24 atom stereocenters. The fourth-order valence-corrected chi connectivity index (χ4v) is 24.8. The lowest BCUT2D eigenvalue weighted by atomic mass is 10.1. The van der Waals surface area contributed by atoms with Gasteiger partial charge in [0.25, 0.3) is 0 Å². The lowest BCUT2D eigenvalue weighted by molar-refractivity contribution is -0.0677. The molecule has 0 amide bonds. The number of nitrogens with two attached hydrogens (primary N) is 5. The smallest absolute Gasteiger partial charge is 0.340 e. The zero-order valence-corrected chi connectivity index (χ0v) is 76.4. The molecule has 10 heterocycles. The molecule has 71 heteroatoms. The minimum atomic E-state index is -4.82. The summed E-state index contributed by atoms with van der Waals surface area (Å²) in [6.45, 7) is 16.6. The number of rotatable bonds is 30. The number of amidine groups is 5. The Bertz CT molecular complexity index is 4650. The maximum Gasteiger partial charge on any atom is 0.340 e. The molecule has 10 aliphatic rings. The molecule has 10 unspecified atom stereocenters. The van der Waals surface area contributed by atoms with E-state index in [2.05, 4.69) is 80.5 Å². The highest BCUT2D eigenvalue weighted by molar-refractivity contribution is 14.1. The zero-order valence-electron chi connectivity index (χ0n) is 65.3. The van der Waals surface area contributed by atoms with Gasteiger partial charge in [0, 0.05) is 43.0 Å². The summed E-state index contributed by atoms with van der Waals surface area (Å²) in [5.74, 6) is -6.60. The fourth-order valence-electron chi connectivity index (χ4n) is 11.5. The van der Waals surface area contributed by atoms with Crippen LogP contribution in [0.15, 0.2) is 145 Å². The van der Waals surface area contributed by atoms with Gasteiger partial charge in [-0.15, -0.1) is 0 Å². The van der Waals surface area contributed by atoms with Gasteiger partial charge in [-0.05, 0) is 41.7 Å². The molecule has 10 rings (SSSR count). The van der Waals surface area contributed by atoms with E-state index in [4.69, 9.17) is 101 Å². The molecule has 128 heavy (non-hydrogen) atoms. The third-order valence-corrected chi connectivity index (χ3v) is 35.4. The first-order valence-electron chi connectivity index (χ1n) is 35.1. The molecule has 0 aliphatic carbocycles. The molecule has 59 nitrogen and oxygen atoms in total. The first-order valence-corrected chi connectivity index (χ1v) is 54.0. The summed E-state index contributed by atoms with van der Waals surface area (Å²) in [5, 5.41) is 90.7. The van der Waals surface area contributed by atoms with Crippen molar-refractivity contribution in [3.8, 4) is 0 Å². The summed E-state index contributed by atoms with van der Waals surface area (Å²) >= 11 is 1.91. The molecule has 0 aromatic rings. The first kappa shape index (κ1) is 114. The molecule has 0 spiro atoms. The molecular formula is C57H99FIN15O44P10. The molecule has 5 saturated heterocycles. The molecule has 0 saturated carbocycles. The van der Waals surface area contributed by atoms with E-state index < -0.39 is 267 Å². The summed E-state index contributed by atoms with van der Waals surface area (Å²) in [6.07, 6.45) is -14.3. The standard InChI is InChI=1S/C12H21N3O9P2.C11H18FN3O9P2.C11H18IN3O9P2.C11H19N3O9P2.C11H19N3O8P2.CH4/c1-6-3-15(7(2)14-11(6)13)12-10(17)9(16)8(24-12)4-23-26(21,22)5-25(18,19)20;2*1-5-14-10(13)6(12)2-15(5)11-9(17)8(16)7(24-11)3-23-26(21,22)4-25(18,19)20;1-6-13-8(12)2-3-14(6)11-10(16)9(15)7(23-11)4-22-25(20,21)5-24(17,18)19;1-7-13-10(12)2-3-14(7)11-4-8(15)9(22-11)5-21-24(19,20)6-23(16,17)18;/h3,8-10,12,16-17H,2,4-5H2,1H3,(H2,13,14)(H,21,22)(H2,18,19,20);2*2,7-9,11,16-17H,1,3-4H2,(H2,13,14)(H,21,22)(H2,18,19,20);2-3,7,9-11,15-16H,1,4-5H2,(H2,12,13)(H,20,21)(H2,17,18,19);2-3,8-9,11,15H,1,4-6H2,(H2,12,13)(H,19,20)(H2,16,17,18);1H4/t8-,9?,10+,12-;2*7-,8?,9+,11-;7-,9?,10+,11-;8?,9-,11-;/m11111./s1. The van der Waals surface area contributed by atoms with Gasteiger partial charge in [-0.2, -0.15) is 0 Å². The van der Waals surface area contributed by atoms with Crippen molar-refractivity contribution in [1.29, 1.82) is 0 Å². The first-order chi connectivity index (χ1) is 57.8. The van der Waals surface area contributed by atoms with Crippen molar-refractivity contribution in [1.82, 2.24) is 24.5 Å². The van der Waals surface area contributed by atoms with Crippen LogP contribution in [-0.2, 0) is 92.0 Å². The number of halogens is 2. The second kappa shape index (κ2) is 45.3. The predicted octanol–water partition coefficient (Wildman–Crippen LogP) is -4.74. The molecule has 5 fully saturated rings. The molecule has 34 N–H and O–H groups in total. The maximum absolute atomic E-state index is 13.6. The summed E-state index contributed by atoms with van der Waals surface area (Å²) in [5.41, 5.74) is 28.2. The normalized spacial score (nSPS) is 31.7. The van der Waals surface area contributed by atoms with Crippen molar-refractivity contribution in [3.63, 3.8) is 0 Å². The monoisotopic (exact) mass is 2150 g/mol. The van der Waals surface area contributed by atoms with Crippen LogP contribution in [0.2, 0.25) is 0 Å². The number of nitrogens with zero attached hydrogens (tertiary/aromatic N) is 10. The zero-order chi connectivity index (χ0) is 96.7. The number of hydrogen-bond acceptors (Lipinski definition) is 44. The van der Waals surface area contributed by atoms with E-state index in [1.165, 1.54) is 50.4 Å². The Hall–Kier alpha value is -4.65. The van der Waals surface area contributed by atoms with Crippen molar-refractivity contribution in [2.24, 2.45) is 53.6 Å². The number of ether oxygens (including phenoxy) is 5. The summed E-state index contributed by atoms with van der Waals surface area (Å²) in [4.78, 5) is 160. The number of aliphatic hydroxyl groups is 9. The van der Waals surface area contributed by atoms with Crippen molar-refractivity contribution in [3.05, 3.63) is 120 Å². The molecule has 0 aromatic carbocycles. The number of aliphatic hydroxyl groups excluding tert-OH is 9. The van der Waals surface area contributed by atoms with E-state index in [1.807, 2.05) is 22.6 Å². The Morgan fingerprint density at radius 3 is 0.945 bits per heavy atom. The van der Waals surface area contributed by atoms with Crippen LogP contribution in [0, 0.1) is 0 Å². The summed E-state index contributed by atoms with van der Waals surface area (Å²) < 4.78 is 177. The van der Waals surface area contributed by atoms with Crippen molar-refractivity contribution in [2.75, 3.05) is 62.5 Å². The fraction of sp³-hybridized carbons (Fsp3) is 0.561. The lowest BCUT2D eigenvalue weighted by Gasteiger charge is -2.31. The quantitative estimate of drug-likeness (QED) is 0.0237. The van der Waals surface area contributed by atoms with E-state index in [-0.39, 0.29) is 60.5 Å². The Balaban J connectivity index is 0.000000283. The van der Waals surface area contributed by atoms with Gasteiger partial charge in [0.05, 0.1) is 42.7 Å². The number of hydrogen-bond donors (Lipinski definition) is 29. The van der Waals surface area contributed by atoms with Crippen LogP contribution in [0.5, 0.6) is 0 Å². The highest BCUT2D eigenvalue weighted by Gasteiger charge is 2.53. The highest BCUT2D eigenvalue weighted by atomic mass is 127. The average Bonchev–Trinajstić information content (AvgIpc) is 1.65. The van der Waals surface area contributed by atoms with Gasteiger partial charge in [-0.25, -0.2) is 29.4 Å². The molecule has 730 valence electrons. The highest BCUT2D eigenvalue weighted by Crippen LogP contribution is 2.60. The second-order valence-electron chi connectivity index (χ2n) is 27.9. The molecular weight excluding hydrogens is 2050 g/mol. The third kappa shape index (κ3) is 34.6. The molecule has 0 bridgehead atoms. The average molecular weight is 2150 g/mol. The van der Waals surface area contributed by atoms with E-state index >= 15 is 0 Å². The van der Waals surface area contributed by atoms with Gasteiger partial charge in [0.1, 0.15) is 138 Å². The van der Waals surface area contributed by atoms with Gasteiger partial charge in [-0.3, -0.25) is 45.7 Å². The summed E-state index contributed by atoms with van der Waals surface area (Å²) in [6, 6.07) is 0. The van der Waals surface area contributed by atoms with Crippen LogP contribution in [0.1, 0.15) is 20.8 Å². The van der Waals surface area contributed by atoms with Gasteiger partial charge in [0.2, 0.25) is 0 Å². The largest absolute Gasteiger partial charge is 0.390 e. The Morgan fingerprint density at radius 2 is 0.641 bits per heavy atom. The van der Waals surface area contributed by atoms with Gasteiger partial charge >= 0.3 is 76.0 Å². The minimum absolute atomic E-state index is 0. The molecule has 10 aliphatic heterocycles. The van der Waals surface area contributed by atoms with Crippen LogP contribution >= 0.6 is 98.5 Å². The topological polar surface area (TPSA) is 957 Å². The van der Waals surface area contributed by atoms with Crippen molar-refractivity contribution >= 4 is 128 Å². The van der Waals surface area contributed by atoms with E-state index in [9.17, 15) is 120 Å². The Labute approximate surface area is 737 Å². The van der Waals surface area contributed by atoms with Crippen LogP contribution in [-0.4, -0.2) is 352 Å². The van der Waals surface area contributed by atoms with E-state index in [0.717, 1.165) is 11.1 Å². The van der Waals surface area contributed by atoms with E-state index in [0.29, 0.717) is 15.0 Å². The van der Waals surface area contributed by atoms with Crippen molar-refractivity contribution in [2.45, 2.75) is 137 Å². The Morgan fingerprint density at radius 1 is 0.383 bits per heavy atom. The van der Waals surface area contributed by atoms with Crippen LogP contribution < -0.4 is 28.7 Å². The van der Waals surface area contributed by atoms with Gasteiger partial charge < -0.3 is 219 Å². The van der Waals surface area contributed by atoms with Crippen LogP contribution in [0.25, 0.3) is 0 Å². The van der Waals surface area contributed by atoms with Crippen LogP contribution in [0.4, 0.5) is 4.39 Å². The second-order valence-corrected chi connectivity index (χ2v) is 49.0. The Kier molecular flexibility index (Phi) is 40.3. The molecule has 0 aromatic heterocycles.